The number of nitrogens with zero attached hydrogens (tertiary/aromatic N) is 2. The van der Waals surface area contributed by atoms with Gasteiger partial charge < -0.3 is 19.9 Å². The number of urea groups is 1. The standard InChI is InChI=1S/C19H24N4O2/c1-19(2)16(15-6-9-25-17(15)19)22-18(24)21-11-13-4-3-5-14(10-13)23-8-7-20-12-23/h3-5,7-8,10,12,15-17H,6,9,11H2,1-2H3,(H2,21,22,24)/t15-,16-,17-/m1/s1. The molecule has 1 aromatic carbocycles. The van der Waals surface area contributed by atoms with Crippen molar-refractivity contribution in [2.24, 2.45) is 11.3 Å². The molecule has 0 bridgehead atoms. The van der Waals surface area contributed by atoms with E-state index < -0.39 is 0 Å². The first kappa shape index (κ1) is 16.1. The number of carbonyl (C=O) groups excluding carboxylic acids is 1. The van der Waals surface area contributed by atoms with Crippen LogP contribution in [0, 0.1) is 11.3 Å². The molecule has 6 nitrogen and oxygen atoms in total. The zero-order valence-corrected chi connectivity index (χ0v) is 14.6. The lowest BCUT2D eigenvalue weighted by molar-refractivity contribution is -0.108. The number of ether oxygens (including phenoxy) is 1. The fraction of sp³-hybridized carbons (Fsp3) is 0.474. The van der Waals surface area contributed by atoms with E-state index in [4.69, 9.17) is 4.74 Å². The van der Waals surface area contributed by atoms with E-state index in [1.807, 2.05) is 29.0 Å². The highest BCUT2D eigenvalue weighted by molar-refractivity contribution is 5.74. The van der Waals surface area contributed by atoms with Crippen LogP contribution in [0.5, 0.6) is 0 Å². The van der Waals surface area contributed by atoms with Crippen LogP contribution in [0.3, 0.4) is 0 Å². The average Bonchev–Trinajstić information content (AvgIpc) is 3.28. The quantitative estimate of drug-likeness (QED) is 0.898. The monoisotopic (exact) mass is 340 g/mol. The first-order valence-electron chi connectivity index (χ1n) is 8.79. The minimum absolute atomic E-state index is 0.000153. The summed E-state index contributed by atoms with van der Waals surface area (Å²) in [6, 6.07) is 8.13. The Hall–Kier alpha value is -2.34. The van der Waals surface area contributed by atoms with Crippen LogP contribution in [0.2, 0.25) is 0 Å². The topological polar surface area (TPSA) is 68.2 Å². The molecule has 2 aliphatic rings. The Morgan fingerprint density at radius 1 is 1.44 bits per heavy atom. The third-order valence-electron chi connectivity index (χ3n) is 5.55. The summed E-state index contributed by atoms with van der Waals surface area (Å²) in [6.07, 6.45) is 6.73. The van der Waals surface area contributed by atoms with E-state index in [0.717, 1.165) is 24.3 Å². The predicted octanol–water partition coefficient (Wildman–Crippen LogP) is 2.49. The first-order valence-corrected chi connectivity index (χ1v) is 8.79. The van der Waals surface area contributed by atoms with Gasteiger partial charge in [0.15, 0.2) is 0 Å². The van der Waals surface area contributed by atoms with Crippen LogP contribution in [0.25, 0.3) is 5.69 Å². The molecule has 0 radical (unpaired) electrons. The molecule has 1 saturated heterocycles. The zero-order chi connectivity index (χ0) is 17.4. The molecule has 1 saturated carbocycles. The van der Waals surface area contributed by atoms with Crippen molar-refractivity contribution in [1.82, 2.24) is 20.2 Å². The van der Waals surface area contributed by atoms with E-state index in [9.17, 15) is 4.79 Å². The first-order chi connectivity index (χ1) is 12.1. The molecule has 2 fully saturated rings. The maximum absolute atomic E-state index is 12.3. The highest BCUT2D eigenvalue weighted by Gasteiger charge is 2.59. The number of fused-ring (bicyclic) bond motifs is 1. The second kappa shape index (κ2) is 6.19. The molecule has 4 rings (SSSR count). The van der Waals surface area contributed by atoms with E-state index >= 15 is 0 Å². The Kier molecular flexibility index (Phi) is 4.00. The third kappa shape index (κ3) is 2.91. The molecule has 2 heterocycles. The minimum Gasteiger partial charge on any atom is -0.377 e. The van der Waals surface area contributed by atoms with Gasteiger partial charge in [0.25, 0.3) is 0 Å². The molecule has 132 valence electrons. The number of imidazole rings is 1. The van der Waals surface area contributed by atoms with Gasteiger partial charge in [-0.1, -0.05) is 26.0 Å². The Morgan fingerprint density at radius 2 is 2.32 bits per heavy atom. The van der Waals surface area contributed by atoms with Crippen LogP contribution in [-0.2, 0) is 11.3 Å². The van der Waals surface area contributed by atoms with Crippen molar-refractivity contribution < 1.29 is 9.53 Å². The summed E-state index contributed by atoms with van der Waals surface area (Å²) in [6.45, 7) is 5.63. The molecule has 0 spiro atoms. The van der Waals surface area contributed by atoms with Crippen LogP contribution in [-0.4, -0.2) is 34.3 Å². The van der Waals surface area contributed by atoms with Gasteiger partial charge in [-0.3, -0.25) is 0 Å². The molecule has 0 unspecified atom stereocenters. The lowest BCUT2D eigenvalue weighted by Gasteiger charge is -2.54. The zero-order valence-electron chi connectivity index (χ0n) is 14.6. The number of carbonyl (C=O) groups is 1. The molecule has 2 aromatic rings. The van der Waals surface area contributed by atoms with Gasteiger partial charge in [-0.05, 0) is 24.1 Å². The van der Waals surface area contributed by atoms with Gasteiger partial charge >= 0.3 is 6.03 Å². The number of hydrogen-bond acceptors (Lipinski definition) is 3. The summed E-state index contributed by atoms with van der Waals surface area (Å²) in [7, 11) is 0. The lowest BCUT2D eigenvalue weighted by atomic mass is 9.57. The maximum Gasteiger partial charge on any atom is 0.315 e. The van der Waals surface area contributed by atoms with Gasteiger partial charge in [0.1, 0.15) is 0 Å². The van der Waals surface area contributed by atoms with Crippen LogP contribution in [0.1, 0.15) is 25.8 Å². The van der Waals surface area contributed by atoms with Crippen molar-refractivity contribution in [2.75, 3.05) is 6.61 Å². The Balaban J connectivity index is 1.34. The van der Waals surface area contributed by atoms with Crippen molar-refractivity contribution in [3.8, 4) is 5.69 Å². The van der Waals surface area contributed by atoms with Crippen molar-refractivity contribution in [3.63, 3.8) is 0 Å². The summed E-state index contributed by atoms with van der Waals surface area (Å²) in [5.74, 6) is 0.449. The molecule has 1 aromatic heterocycles. The molecule has 1 aliphatic carbocycles. The normalized spacial score (nSPS) is 26.6. The van der Waals surface area contributed by atoms with Crippen LogP contribution in [0.4, 0.5) is 4.79 Å². The van der Waals surface area contributed by atoms with E-state index in [-0.39, 0.29) is 23.6 Å². The highest BCUT2D eigenvalue weighted by Crippen LogP contribution is 2.52. The molecule has 3 atom stereocenters. The minimum atomic E-state index is -0.114. The smallest absolute Gasteiger partial charge is 0.315 e. The third-order valence-corrected chi connectivity index (χ3v) is 5.55. The van der Waals surface area contributed by atoms with E-state index in [2.05, 4.69) is 35.5 Å². The molecular formula is C19H24N4O2. The molecular weight excluding hydrogens is 316 g/mol. The number of rotatable bonds is 4. The number of hydrogen-bond donors (Lipinski definition) is 2. The van der Waals surface area contributed by atoms with Crippen molar-refractivity contribution in [3.05, 3.63) is 48.5 Å². The molecule has 1 aliphatic heterocycles. The van der Waals surface area contributed by atoms with Crippen molar-refractivity contribution in [2.45, 2.75) is 39.0 Å². The van der Waals surface area contributed by atoms with E-state index in [1.54, 1.807) is 12.5 Å². The predicted molar refractivity (Wildman–Crippen MR) is 94.4 cm³/mol. The largest absolute Gasteiger partial charge is 0.377 e. The Labute approximate surface area is 147 Å². The fourth-order valence-corrected chi connectivity index (χ4v) is 4.23. The van der Waals surface area contributed by atoms with Crippen molar-refractivity contribution >= 4 is 6.03 Å². The lowest BCUT2D eigenvalue weighted by Crippen LogP contribution is -2.67. The number of amides is 2. The highest BCUT2D eigenvalue weighted by atomic mass is 16.5. The van der Waals surface area contributed by atoms with Gasteiger partial charge in [-0.15, -0.1) is 0 Å². The van der Waals surface area contributed by atoms with Gasteiger partial charge in [0.05, 0.1) is 12.4 Å². The van der Waals surface area contributed by atoms with Gasteiger partial charge in [-0.2, -0.15) is 0 Å². The SMILES string of the molecule is CC1(C)[C@H](NC(=O)NCc2cccc(-n3ccnc3)c2)[C@H]2CCO[C@H]21. The second-order valence-electron chi connectivity index (χ2n) is 7.51. The van der Waals surface area contributed by atoms with E-state index in [0.29, 0.717) is 12.5 Å². The van der Waals surface area contributed by atoms with Crippen LogP contribution < -0.4 is 10.6 Å². The molecule has 2 amide bonds. The van der Waals surface area contributed by atoms with Crippen molar-refractivity contribution in [1.29, 1.82) is 0 Å². The van der Waals surface area contributed by atoms with Crippen LogP contribution in [0.15, 0.2) is 43.0 Å². The van der Waals surface area contributed by atoms with Gasteiger partial charge in [-0.25, -0.2) is 9.78 Å². The maximum atomic E-state index is 12.3. The Bertz CT molecular complexity index is 757. The summed E-state index contributed by atoms with van der Waals surface area (Å²) in [5, 5.41) is 6.12. The summed E-state index contributed by atoms with van der Waals surface area (Å²) in [4.78, 5) is 16.4. The average molecular weight is 340 g/mol. The van der Waals surface area contributed by atoms with Gasteiger partial charge in [0, 0.05) is 48.6 Å². The fourth-order valence-electron chi connectivity index (χ4n) is 4.23. The number of nitrogens with one attached hydrogen (secondary N) is 2. The molecule has 2 N–H and O–H groups in total. The Morgan fingerprint density at radius 3 is 3.12 bits per heavy atom. The second-order valence-corrected chi connectivity index (χ2v) is 7.51. The summed E-state index contributed by atoms with van der Waals surface area (Å²) >= 11 is 0. The number of benzene rings is 1. The van der Waals surface area contributed by atoms with E-state index in [1.165, 1.54) is 0 Å². The summed E-state index contributed by atoms with van der Waals surface area (Å²) in [5.41, 5.74) is 2.08. The van der Waals surface area contributed by atoms with Crippen LogP contribution >= 0.6 is 0 Å². The van der Waals surface area contributed by atoms with Gasteiger partial charge in [0.2, 0.25) is 0 Å². The summed E-state index contributed by atoms with van der Waals surface area (Å²) < 4.78 is 7.72. The molecule has 6 heteroatoms. The number of aromatic nitrogens is 2. The molecule has 25 heavy (non-hydrogen) atoms.